The Labute approximate surface area is 130 Å². The Bertz CT molecular complexity index is 844. The van der Waals surface area contributed by atoms with E-state index in [2.05, 4.69) is 15.4 Å². The molecule has 0 spiro atoms. The highest BCUT2D eigenvalue weighted by Gasteiger charge is 2.12. The van der Waals surface area contributed by atoms with E-state index >= 15 is 0 Å². The summed E-state index contributed by atoms with van der Waals surface area (Å²) in [7, 11) is 0. The number of hydrogen-bond acceptors (Lipinski definition) is 3. The molecule has 0 unspecified atom stereocenters. The molecule has 0 radical (unpaired) electrons. The number of carbonyl (C=O) groups excluding carboxylic acids is 1. The molecule has 3 aromatic rings. The lowest BCUT2D eigenvalue weighted by Crippen LogP contribution is -2.15. The zero-order valence-corrected chi connectivity index (χ0v) is 12.5. The number of nitrogens with one attached hydrogen (secondary N) is 1. The fraction of sp³-hybridized carbons (Fsp3) is 0.0714. The summed E-state index contributed by atoms with van der Waals surface area (Å²) in [6.45, 7) is 1.86. The van der Waals surface area contributed by atoms with Gasteiger partial charge in [-0.15, -0.1) is 0 Å². The maximum absolute atomic E-state index is 12.2. The molecule has 3 rings (SSSR count). The summed E-state index contributed by atoms with van der Waals surface area (Å²) in [6, 6.07) is 8.30. The first-order chi connectivity index (χ1) is 10.0. The van der Waals surface area contributed by atoms with E-state index in [4.69, 9.17) is 23.2 Å². The van der Waals surface area contributed by atoms with E-state index < -0.39 is 0 Å². The molecule has 1 amide bonds. The summed E-state index contributed by atoms with van der Waals surface area (Å²) in [6.07, 6.45) is 1.63. The van der Waals surface area contributed by atoms with Crippen molar-refractivity contribution < 1.29 is 4.79 Å². The molecular weight excluding hydrogens is 311 g/mol. The van der Waals surface area contributed by atoms with Gasteiger partial charge in [0.25, 0.3) is 5.91 Å². The Morgan fingerprint density at radius 1 is 1.19 bits per heavy atom. The van der Waals surface area contributed by atoms with Crippen LogP contribution in [0.3, 0.4) is 0 Å². The first kappa shape index (κ1) is 13.9. The highest BCUT2D eigenvalue weighted by molar-refractivity contribution is 6.42. The normalized spacial score (nSPS) is 10.8. The van der Waals surface area contributed by atoms with Gasteiger partial charge in [0, 0.05) is 17.4 Å². The third-order valence-corrected chi connectivity index (χ3v) is 3.69. The molecular formula is C14H10Cl2N4O. The van der Waals surface area contributed by atoms with Gasteiger partial charge in [-0.2, -0.15) is 5.10 Å². The van der Waals surface area contributed by atoms with Crippen LogP contribution in [0.1, 0.15) is 16.2 Å². The number of hydrogen-bond donors (Lipinski definition) is 1. The Kier molecular flexibility index (Phi) is 3.53. The summed E-state index contributed by atoms with van der Waals surface area (Å²) in [5.41, 5.74) is 2.31. The zero-order chi connectivity index (χ0) is 15.0. The second kappa shape index (κ2) is 5.35. The molecule has 0 aliphatic carbocycles. The lowest BCUT2D eigenvalue weighted by molar-refractivity contribution is 0.102. The van der Waals surface area contributed by atoms with Crippen LogP contribution in [0.5, 0.6) is 0 Å². The topological polar surface area (TPSA) is 59.3 Å². The highest BCUT2D eigenvalue weighted by Crippen LogP contribution is 2.25. The number of aryl methyl sites for hydroxylation is 1. The van der Waals surface area contributed by atoms with E-state index in [1.165, 1.54) is 0 Å². The second-order valence-corrected chi connectivity index (χ2v) is 5.28. The third-order valence-electron chi connectivity index (χ3n) is 2.95. The lowest BCUT2D eigenvalue weighted by atomic mass is 10.3. The van der Waals surface area contributed by atoms with Crippen LogP contribution in [0.25, 0.3) is 5.65 Å². The van der Waals surface area contributed by atoms with E-state index in [0.717, 1.165) is 5.69 Å². The van der Waals surface area contributed by atoms with E-state index in [0.29, 0.717) is 27.1 Å². The average molecular weight is 321 g/mol. The van der Waals surface area contributed by atoms with E-state index in [9.17, 15) is 4.79 Å². The molecule has 0 saturated carbocycles. The van der Waals surface area contributed by atoms with Gasteiger partial charge in [0.15, 0.2) is 5.65 Å². The molecule has 0 aliphatic rings. The van der Waals surface area contributed by atoms with Gasteiger partial charge >= 0.3 is 0 Å². The van der Waals surface area contributed by atoms with Gasteiger partial charge in [-0.05, 0) is 31.2 Å². The first-order valence-corrected chi connectivity index (χ1v) is 6.88. The minimum absolute atomic E-state index is 0.312. The number of halogens is 2. The van der Waals surface area contributed by atoms with Crippen molar-refractivity contribution in [3.05, 3.63) is 58.0 Å². The summed E-state index contributed by atoms with van der Waals surface area (Å²) in [5, 5.41) is 7.66. The standard InChI is InChI=1S/C14H10Cl2N4O/c1-8-6-12(19-13-4-5-17-20(8)13)14(21)18-9-2-3-10(15)11(16)7-9/h2-7H,1H3,(H,18,21). The summed E-state index contributed by atoms with van der Waals surface area (Å²) in [5.74, 6) is -0.319. The molecule has 21 heavy (non-hydrogen) atoms. The minimum atomic E-state index is -0.319. The van der Waals surface area contributed by atoms with Crippen molar-refractivity contribution in [2.75, 3.05) is 5.32 Å². The number of anilines is 1. The van der Waals surface area contributed by atoms with Crippen molar-refractivity contribution in [3.63, 3.8) is 0 Å². The van der Waals surface area contributed by atoms with Crippen LogP contribution < -0.4 is 5.32 Å². The minimum Gasteiger partial charge on any atom is -0.321 e. The Morgan fingerprint density at radius 2 is 2.00 bits per heavy atom. The number of amides is 1. The smallest absolute Gasteiger partial charge is 0.274 e. The van der Waals surface area contributed by atoms with Crippen LogP contribution in [0.2, 0.25) is 10.0 Å². The number of aromatic nitrogens is 3. The van der Waals surface area contributed by atoms with Crippen molar-refractivity contribution in [1.82, 2.24) is 14.6 Å². The quantitative estimate of drug-likeness (QED) is 0.784. The molecule has 5 nitrogen and oxygen atoms in total. The molecule has 0 atom stereocenters. The molecule has 0 saturated heterocycles. The van der Waals surface area contributed by atoms with Crippen molar-refractivity contribution in [3.8, 4) is 0 Å². The van der Waals surface area contributed by atoms with E-state index in [1.807, 2.05) is 6.92 Å². The second-order valence-electron chi connectivity index (χ2n) is 4.47. The molecule has 1 aromatic carbocycles. The molecule has 7 heteroatoms. The predicted molar refractivity (Wildman–Crippen MR) is 82.1 cm³/mol. The predicted octanol–water partition coefficient (Wildman–Crippen LogP) is 3.60. The van der Waals surface area contributed by atoms with Crippen LogP contribution in [0.15, 0.2) is 36.5 Å². The molecule has 1 N–H and O–H groups in total. The number of rotatable bonds is 2. The molecule has 0 fully saturated rings. The Morgan fingerprint density at radius 3 is 2.76 bits per heavy atom. The highest BCUT2D eigenvalue weighted by atomic mass is 35.5. The van der Waals surface area contributed by atoms with Gasteiger partial charge in [-0.1, -0.05) is 23.2 Å². The number of fused-ring (bicyclic) bond motifs is 1. The van der Waals surface area contributed by atoms with Crippen LogP contribution in [-0.2, 0) is 0 Å². The van der Waals surface area contributed by atoms with Crippen LogP contribution in [-0.4, -0.2) is 20.5 Å². The van der Waals surface area contributed by atoms with Crippen LogP contribution >= 0.6 is 23.2 Å². The lowest BCUT2D eigenvalue weighted by Gasteiger charge is -2.07. The first-order valence-electron chi connectivity index (χ1n) is 6.12. The van der Waals surface area contributed by atoms with Gasteiger partial charge < -0.3 is 5.32 Å². The SMILES string of the molecule is Cc1cc(C(=O)Nc2ccc(Cl)c(Cl)c2)nc2ccnn12. The fourth-order valence-corrected chi connectivity index (χ4v) is 2.25. The third kappa shape index (κ3) is 2.70. The fourth-order valence-electron chi connectivity index (χ4n) is 1.95. The van der Waals surface area contributed by atoms with Gasteiger partial charge in [0.1, 0.15) is 5.69 Å². The van der Waals surface area contributed by atoms with Crippen molar-refractivity contribution in [2.24, 2.45) is 0 Å². The Hall–Kier alpha value is -2.11. The van der Waals surface area contributed by atoms with Crippen LogP contribution in [0.4, 0.5) is 5.69 Å². The van der Waals surface area contributed by atoms with Gasteiger partial charge in [0.05, 0.1) is 16.2 Å². The number of carbonyl (C=O) groups is 1. The Balaban J connectivity index is 1.91. The molecule has 2 aromatic heterocycles. The molecule has 0 aliphatic heterocycles. The van der Waals surface area contributed by atoms with Gasteiger partial charge in [-0.3, -0.25) is 4.79 Å². The van der Waals surface area contributed by atoms with Crippen molar-refractivity contribution in [1.29, 1.82) is 0 Å². The molecule has 2 heterocycles. The van der Waals surface area contributed by atoms with E-state index in [1.54, 1.807) is 41.0 Å². The average Bonchev–Trinajstić information content (AvgIpc) is 2.92. The van der Waals surface area contributed by atoms with Crippen LogP contribution in [0, 0.1) is 6.92 Å². The monoisotopic (exact) mass is 320 g/mol. The van der Waals surface area contributed by atoms with Gasteiger partial charge in [-0.25, -0.2) is 9.50 Å². The van der Waals surface area contributed by atoms with Crippen molar-refractivity contribution >= 4 is 40.4 Å². The number of nitrogens with zero attached hydrogens (tertiary/aromatic N) is 3. The summed E-state index contributed by atoms with van der Waals surface area (Å²) in [4.78, 5) is 16.5. The zero-order valence-electron chi connectivity index (χ0n) is 11.0. The molecule has 106 valence electrons. The largest absolute Gasteiger partial charge is 0.321 e. The van der Waals surface area contributed by atoms with E-state index in [-0.39, 0.29) is 5.91 Å². The van der Waals surface area contributed by atoms with Crippen molar-refractivity contribution in [2.45, 2.75) is 6.92 Å². The molecule has 0 bridgehead atoms. The van der Waals surface area contributed by atoms with Gasteiger partial charge in [0.2, 0.25) is 0 Å². The maximum atomic E-state index is 12.2. The summed E-state index contributed by atoms with van der Waals surface area (Å²) < 4.78 is 1.66. The number of benzene rings is 1. The summed E-state index contributed by atoms with van der Waals surface area (Å²) >= 11 is 11.8. The maximum Gasteiger partial charge on any atom is 0.274 e.